The summed E-state index contributed by atoms with van der Waals surface area (Å²) in [5.41, 5.74) is 0.802. The molecule has 0 radical (unpaired) electrons. The minimum Gasteiger partial charge on any atom is -0.332 e. The zero-order chi connectivity index (χ0) is 15.5. The van der Waals surface area contributed by atoms with Crippen LogP contribution in [0.3, 0.4) is 0 Å². The molecule has 0 bridgehead atoms. The molecule has 8 heteroatoms. The Bertz CT molecular complexity index is 556. The van der Waals surface area contributed by atoms with Crippen LogP contribution in [-0.4, -0.2) is 59.2 Å². The number of carbonyl (C=O) groups excluding carboxylic acids is 2. The molecule has 1 aromatic heterocycles. The summed E-state index contributed by atoms with van der Waals surface area (Å²) in [7, 11) is 1.83. The minimum atomic E-state index is -0.0323. The number of aromatic nitrogens is 2. The Morgan fingerprint density at radius 1 is 1.43 bits per heavy atom. The number of anilines is 1. The lowest BCUT2D eigenvalue weighted by molar-refractivity contribution is -0.137. The average Bonchev–Trinajstić information content (AvgIpc) is 3.16. The van der Waals surface area contributed by atoms with Crippen LogP contribution in [-0.2, 0) is 16.6 Å². The highest BCUT2D eigenvalue weighted by atomic mass is 35.5. The zero-order valence-corrected chi connectivity index (χ0v) is 14.2. The molecule has 1 aromatic rings. The van der Waals surface area contributed by atoms with Gasteiger partial charge in [0.05, 0.1) is 11.9 Å². The summed E-state index contributed by atoms with van der Waals surface area (Å²) in [6.07, 6.45) is 6.13. The second-order valence-corrected chi connectivity index (χ2v) is 6.13. The van der Waals surface area contributed by atoms with E-state index in [2.05, 4.69) is 10.4 Å². The predicted octanol–water partition coefficient (Wildman–Crippen LogP) is 0.407. The Morgan fingerprint density at radius 3 is 2.87 bits per heavy atom. The van der Waals surface area contributed by atoms with Crippen molar-refractivity contribution < 1.29 is 9.59 Å². The molecule has 3 rings (SSSR count). The van der Waals surface area contributed by atoms with Crippen LogP contribution in [0.15, 0.2) is 12.4 Å². The van der Waals surface area contributed by atoms with Gasteiger partial charge in [-0.3, -0.25) is 14.3 Å². The van der Waals surface area contributed by atoms with E-state index in [0.717, 1.165) is 31.6 Å². The fraction of sp³-hybridized carbons (Fsp3) is 0.667. The van der Waals surface area contributed by atoms with Crippen molar-refractivity contribution in [2.75, 3.05) is 37.6 Å². The Balaban J connectivity index is 0.00000192. The van der Waals surface area contributed by atoms with Gasteiger partial charge in [0.15, 0.2) is 0 Å². The number of piperazine rings is 1. The standard InChI is InChI=1S/C15H23N5O2.ClH/c1-18-10-13(9-17-18)20-7-6-19(11-15(20)22)14(21)3-2-12-4-5-16-8-12;/h9-10,12,16H,2-8,11H2,1H3;1H. The third-order valence-electron chi connectivity index (χ3n) is 4.51. The van der Waals surface area contributed by atoms with Crippen LogP contribution < -0.4 is 10.2 Å². The summed E-state index contributed by atoms with van der Waals surface area (Å²) in [6.45, 7) is 3.39. The van der Waals surface area contributed by atoms with E-state index in [4.69, 9.17) is 0 Å². The Labute approximate surface area is 142 Å². The Morgan fingerprint density at radius 2 is 2.26 bits per heavy atom. The molecule has 0 aromatic carbocycles. The molecule has 7 nitrogen and oxygen atoms in total. The molecular weight excluding hydrogens is 318 g/mol. The largest absolute Gasteiger partial charge is 0.332 e. The van der Waals surface area contributed by atoms with Gasteiger partial charge < -0.3 is 15.1 Å². The van der Waals surface area contributed by atoms with E-state index in [9.17, 15) is 9.59 Å². The molecule has 1 N–H and O–H groups in total. The van der Waals surface area contributed by atoms with Crippen LogP contribution >= 0.6 is 12.4 Å². The lowest BCUT2D eigenvalue weighted by atomic mass is 10.0. The van der Waals surface area contributed by atoms with E-state index in [1.165, 1.54) is 0 Å². The SMILES string of the molecule is Cl.Cn1cc(N2CCN(C(=O)CCC3CCNC3)CC2=O)cn1. The van der Waals surface area contributed by atoms with Gasteiger partial charge in [-0.25, -0.2) is 0 Å². The molecule has 2 fully saturated rings. The highest BCUT2D eigenvalue weighted by Gasteiger charge is 2.28. The second kappa shape index (κ2) is 7.79. The van der Waals surface area contributed by atoms with Crippen molar-refractivity contribution in [1.29, 1.82) is 0 Å². The van der Waals surface area contributed by atoms with Crippen molar-refractivity contribution in [2.45, 2.75) is 19.3 Å². The van der Waals surface area contributed by atoms with Crippen molar-refractivity contribution in [3.05, 3.63) is 12.4 Å². The lowest BCUT2D eigenvalue weighted by Gasteiger charge is -2.33. The first-order chi connectivity index (χ1) is 10.6. The van der Waals surface area contributed by atoms with Crippen molar-refractivity contribution >= 4 is 29.9 Å². The number of hydrogen-bond donors (Lipinski definition) is 1. The van der Waals surface area contributed by atoms with E-state index >= 15 is 0 Å². The molecule has 2 amide bonds. The van der Waals surface area contributed by atoms with E-state index < -0.39 is 0 Å². The van der Waals surface area contributed by atoms with Gasteiger partial charge in [0.1, 0.15) is 6.54 Å². The Hall–Kier alpha value is -1.60. The molecular formula is C15H24ClN5O2. The van der Waals surface area contributed by atoms with Gasteiger partial charge in [0.2, 0.25) is 11.8 Å². The summed E-state index contributed by atoms with van der Waals surface area (Å²) in [5.74, 6) is 0.678. The molecule has 0 saturated carbocycles. The maximum atomic E-state index is 12.3. The van der Waals surface area contributed by atoms with Crippen LogP contribution in [0.25, 0.3) is 0 Å². The van der Waals surface area contributed by atoms with Gasteiger partial charge in [0, 0.05) is 32.8 Å². The highest BCUT2D eigenvalue weighted by molar-refractivity contribution is 5.97. The minimum absolute atomic E-state index is 0. The second-order valence-electron chi connectivity index (χ2n) is 6.13. The van der Waals surface area contributed by atoms with Crippen LogP contribution in [0.2, 0.25) is 0 Å². The predicted molar refractivity (Wildman–Crippen MR) is 89.6 cm³/mol. The van der Waals surface area contributed by atoms with Gasteiger partial charge >= 0.3 is 0 Å². The van der Waals surface area contributed by atoms with Crippen molar-refractivity contribution in [3.63, 3.8) is 0 Å². The van der Waals surface area contributed by atoms with Crippen molar-refractivity contribution in [1.82, 2.24) is 20.0 Å². The average molecular weight is 342 g/mol. The molecule has 2 aliphatic heterocycles. The number of halogens is 1. The van der Waals surface area contributed by atoms with Crippen molar-refractivity contribution in [3.8, 4) is 0 Å². The van der Waals surface area contributed by atoms with Crippen molar-refractivity contribution in [2.24, 2.45) is 13.0 Å². The summed E-state index contributed by atoms with van der Waals surface area (Å²) in [6, 6.07) is 0. The number of nitrogens with zero attached hydrogens (tertiary/aromatic N) is 4. The number of nitrogens with one attached hydrogen (secondary N) is 1. The number of aryl methyl sites for hydroxylation is 1. The maximum absolute atomic E-state index is 12.3. The van der Waals surface area contributed by atoms with E-state index in [-0.39, 0.29) is 30.8 Å². The summed E-state index contributed by atoms with van der Waals surface area (Å²) >= 11 is 0. The Kier molecular flexibility index (Phi) is 6.01. The normalized spacial score (nSPS) is 21.4. The molecule has 2 aliphatic rings. The monoisotopic (exact) mass is 341 g/mol. The zero-order valence-electron chi connectivity index (χ0n) is 13.4. The van der Waals surface area contributed by atoms with Crippen LogP contribution in [0.5, 0.6) is 0 Å². The third kappa shape index (κ3) is 4.23. The van der Waals surface area contributed by atoms with Gasteiger partial charge in [-0.2, -0.15) is 5.10 Å². The summed E-state index contributed by atoms with van der Waals surface area (Å²) in [5, 5.41) is 7.41. The van der Waals surface area contributed by atoms with E-state index in [0.29, 0.717) is 25.4 Å². The quantitative estimate of drug-likeness (QED) is 0.861. The first kappa shape index (κ1) is 17.7. The molecule has 0 aliphatic carbocycles. The first-order valence-corrected chi connectivity index (χ1v) is 7.91. The molecule has 128 valence electrons. The molecule has 3 heterocycles. The van der Waals surface area contributed by atoms with Gasteiger partial charge in [-0.15, -0.1) is 12.4 Å². The van der Waals surface area contributed by atoms with Crippen LogP contribution in [0.4, 0.5) is 5.69 Å². The number of amides is 2. The number of hydrogen-bond acceptors (Lipinski definition) is 4. The molecule has 1 unspecified atom stereocenters. The molecule has 1 atom stereocenters. The van der Waals surface area contributed by atoms with Crippen LogP contribution in [0.1, 0.15) is 19.3 Å². The summed E-state index contributed by atoms with van der Waals surface area (Å²) in [4.78, 5) is 27.9. The fourth-order valence-electron chi connectivity index (χ4n) is 3.15. The smallest absolute Gasteiger partial charge is 0.246 e. The lowest BCUT2D eigenvalue weighted by Crippen LogP contribution is -2.52. The molecule has 0 spiro atoms. The number of carbonyl (C=O) groups is 2. The number of rotatable bonds is 4. The van der Waals surface area contributed by atoms with Gasteiger partial charge in [-0.1, -0.05) is 0 Å². The van der Waals surface area contributed by atoms with Crippen LogP contribution in [0, 0.1) is 5.92 Å². The van der Waals surface area contributed by atoms with Gasteiger partial charge in [0.25, 0.3) is 0 Å². The van der Waals surface area contributed by atoms with E-state index in [1.807, 2.05) is 13.2 Å². The third-order valence-corrected chi connectivity index (χ3v) is 4.51. The highest BCUT2D eigenvalue weighted by Crippen LogP contribution is 2.18. The topological polar surface area (TPSA) is 70.5 Å². The summed E-state index contributed by atoms with van der Waals surface area (Å²) < 4.78 is 1.68. The molecule has 2 saturated heterocycles. The first-order valence-electron chi connectivity index (χ1n) is 7.91. The maximum Gasteiger partial charge on any atom is 0.246 e. The van der Waals surface area contributed by atoms with Gasteiger partial charge in [-0.05, 0) is 31.8 Å². The fourth-order valence-corrected chi connectivity index (χ4v) is 3.15. The van der Waals surface area contributed by atoms with E-state index in [1.54, 1.807) is 20.7 Å². The molecule has 23 heavy (non-hydrogen) atoms.